The van der Waals surface area contributed by atoms with Crippen LogP contribution in [0, 0.1) is 5.92 Å². The van der Waals surface area contributed by atoms with Crippen LogP contribution in [0.1, 0.15) is 11.1 Å². The average Bonchev–Trinajstić information content (AvgIpc) is 2.91. The molecule has 1 aromatic carbocycles. The van der Waals surface area contributed by atoms with Crippen molar-refractivity contribution in [3.05, 3.63) is 47.8 Å². The summed E-state index contributed by atoms with van der Waals surface area (Å²) in [6.07, 6.45) is 4.46. The van der Waals surface area contributed by atoms with E-state index in [4.69, 9.17) is 4.74 Å². The molecule has 2 aromatic rings. The molecule has 0 radical (unpaired) electrons. The van der Waals surface area contributed by atoms with Gasteiger partial charge in [-0.15, -0.1) is 0 Å². The molecule has 21 heavy (non-hydrogen) atoms. The van der Waals surface area contributed by atoms with Crippen molar-refractivity contribution in [1.82, 2.24) is 14.7 Å². The number of hydrogen-bond donors (Lipinski definition) is 0. The van der Waals surface area contributed by atoms with Crippen molar-refractivity contribution >= 4 is 5.91 Å². The van der Waals surface area contributed by atoms with Gasteiger partial charge in [0.05, 0.1) is 12.1 Å². The predicted molar refractivity (Wildman–Crippen MR) is 78.8 cm³/mol. The number of hydrogen-bond acceptors (Lipinski definition) is 3. The zero-order valence-corrected chi connectivity index (χ0v) is 12.3. The van der Waals surface area contributed by atoms with E-state index in [1.807, 2.05) is 44.6 Å². The lowest BCUT2D eigenvalue weighted by molar-refractivity contribution is -0.136. The molecule has 0 saturated carbocycles. The van der Waals surface area contributed by atoms with E-state index in [0.717, 1.165) is 23.3 Å². The second-order valence-electron chi connectivity index (χ2n) is 5.54. The quantitative estimate of drug-likeness (QED) is 0.861. The smallest absolute Gasteiger partial charge is 0.229 e. The molecule has 0 unspecified atom stereocenters. The number of aromatic nitrogens is 2. The molecule has 0 bridgehead atoms. The van der Waals surface area contributed by atoms with Crippen LogP contribution in [0.3, 0.4) is 0 Å². The minimum atomic E-state index is -0.110. The number of fused-ring (bicyclic) bond motifs is 1. The maximum Gasteiger partial charge on any atom is 0.229 e. The molecule has 0 aliphatic carbocycles. The lowest BCUT2D eigenvalue weighted by Crippen LogP contribution is -2.38. The van der Waals surface area contributed by atoms with Crippen molar-refractivity contribution in [2.24, 2.45) is 13.0 Å². The van der Waals surface area contributed by atoms with Gasteiger partial charge in [-0.05, 0) is 18.1 Å². The van der Waals surface area contributed by atoms with E-state index in [-0.39, 0.29) is 11.8 Å². The number of carbonyl (C=O) groups is 1. The molecule has 1 amide bonds. The summed E-state index contributed by atoms with van der Waals surface area (Å²) < 4.78 is 7.44. The first kappa shape index (κ1) is 13.7. The molecule has 1 aromatic heterocycles. The molecule has 1 atom stereocenters. The summed E-state index contributed by atoms with van der Waals surface area (Å²) >= 11 is 0. The van der Waals surface area contributed by atoms with Gasteiger partial charge in [-0.25, -0.2) is 0 Å². The molecule has 0 saturated heterocycles. The minimum absolute atomic E-state index is 0.110. The fourth-order valence-corrected chi connectivity index (χ4v) is 2.70. The topological polar surface area (TPSA) is 47.4 Å². The second kappa shape index (κ2) is 5.60. The van der Waals surface area contributed by atoms with Crippen LogP contribution in [0.2, 0.25) is 0 Å². The first-order chi connectivity index (χ1) is 10.1. The van der Waals surface area contributed by atoms with Gasteiger partial charge in [0, 0.05) is 32.4 Å². The van der Waals surface area contributed by atoms with Gasteiger partial charge >= 0.3 is 0 Å². The molecule has 5 nitrogen and oxygen atoms in total. The Hall–Kier alpha value is -2.30. The van der Waals surface area contributed by atoms with Crippen LogP contribution >= 0.6 is 0 Å². The van der Waals surface area contributed by atoms with E-state index in [0.29, 0.717) is 13.2 Å². The summed E-state index contributed by atoms with van der Waals surface area (Å²) in [5.41, 5.74) is 2.14. The number of aryl methyl sites for hydroxylation is 1. The third-order valence-electron chi connectivity index (χ3n) is 3.78. The molecule has 1 aliphatic heterocycles. The first-order valence-corrected chi connectivity index (χ1v) is 7.06. The van der Waals surface area contributed by atoms with Crippen molar-refractivity contribution in [3.8, 4) is 5.75 Å². The summed E-state index contributed by atoms with van der Waals surface area (Å²) in [6.45, 7) is 1.03. The maximum atomic E-state index is 12.5. The van der Waals surface area contributed by atoms with Gasteiger partial charge in [0.2, 0.25) is 5.91 Å². The summed E-state index contributed by atoms with van der Waals surface area (Å²) in [7, 11) is 3.70. The zero-order valence-electron chi connectivity index (χ0n) is 12.3. The molecule has 5 heteroatoms. The number of carbonyl (C=O) groups excluding carboxylic acids is 1. The number of benzene rings is 1. The summed E-state index contributed by atoms with van der Waals surface area (Å²) in [6, 6.07) is 7.91. The van der Waals surface area contributed by atoms with Gasteiger partial charge < -0.3 is 9.64 Å². The summed E-state index contributed by atoms with van der Waals surface area (Å²) in [5.74, 6) is 0.909. The highest BCUT2D eigenvalue weighted by molar-refractivity contribution is 5.79. The normalized spacial score (nSPS) is 17.0. The lowest BCUT2D eigenvalue weighted by atomic mass is 9.95. The zero-order chi connectivity index (χ0) is 14.8. The molecule has 0 spiro atoms. The highest BCUT2D eigenvalue weighted by Gasteiger charge is 2.28. The van der Waals surface area contributed by atoms with Crippen LogP contribution in [0.25, 0.3) is 0 Å². The highest BCUT2D eigenvalue weighted by Crippen LogP contribution is 2.27. The molecule has 1 aliphatic rings. The molecule has 110 valence electrons. The van der Waals surface area contributed by atoms with E-state index in [1.54, 1.807) is 15.8 Å². The van der Waals surface area contributed by atoms with Gasteiger partial charge in [0.1, 0.15) is 12.4 Å². The SMILES string of the molecule is CN(Cc1cnn(C)c1)C(=O)[C@@H]1COc2ccccc2C1. The van der Waals surface area contributed by atoms with Crippen LogP contribution < -0.4 is 4.74 Å². The molecular weight excluding hydrogens is 266 g/mol. The van der Waals surface area contributed by atoms with Crippen molar-refractivity contribution in [2.45, 2.75) is 13.0 Å². The first-order valence-electron chi connectivity index (χ1n) is 7.06. The predicted octanol–water partition coefficient (Wildman–Crippen LogP) is 1.63. The Labute approximate surface area is 124 Å². The molecule has 3 rings (SSSR count). The number of nitrogens with zero attached hydrogens (tertiary/aromatic N) is 3. The van der Waals surface area contributed by atoms with E-state index < -0.39 is 0 Å². The van der Waals surface area contributed by atoms with Gasteiger partial charge in [-0.3, -0.25) is 9.48 Å². The minimum Gasteiger partial charge on any atom is -0.492 e. The van der Waals surface area contributed by atoms with Gasteiger partial charge in [-0.1, -0.05) is 18.2 Å². The Morgan fingerprint density at radius 1 is 1.48 bits per heavy atom. The Morgan fingerprint density at radius 2 is 2.29 bits per heavy atom. The van der Waals surface area contributed by atoms with Gasteiger partial charge in [0.15, 0.2) is 0 Å². The Bertz CT molecular complexity index is 650. The number of para-hydroxylation sites is 1. The average molecular weight is 285 g/mol. The lowest BCUT2D eigenvalue weighted by Gasteiger charge is -2.28. The Kier molecular flexibility index (Phi) is 3.64. The molecule has 0 N–H and O–H groups in total. The van der Waals surface area contributed by atoms with Crippen molar-refractivity contribution in [2.75, 3.05) is 13.7 Å². The molecule has 2 heterocycles. The number of ether oxygens (including phenoxy) is 1. The van der Waals surface area contributed by atoms with Crippen molar-refractivity contribution in [1.29, 1.82) is 0 Å². The largest absolute Gasteiger partial charge is 0.492 e. The third-order valence-corrected chi connectivity index (χ3v) is 3.78. The van der Waals surface area contributed by atoms with Crippen molar-refractivity contribution < 1.29 is 9.53 Å². The fourth-order valence-electron chi connectivity index (χ4n) is 2.70. The molecular formula is C16H19N3O2. The Morgan fingerprint density at radius 3 is 3.05 bits per heavy atom. The summed E-state index contributed by atoms with van der Waals surface area (Å²) in [5, 5.41) is 4.13. The van der Waals surface area contributed by atoms with Crippen molar-refractivity contribution in [3.63, 3.8) is 0 Å². The second-order valence-corrected chi connectivity index (χ2v) is 5.54. The van der Waals surface area contributed by atoms with Crippen LogP contribution in [-0.2, 0) is 24.8 Å². The van der Waals surface area contributed by atoms with Crippen LogP contribution in [0.4, 0.5) is 0 Å². The highest BCUT2D eigenvalue weighted by atomic mass is 16.5. The fraction of sp³-hybridized carbons (Fsp3) is 0.375. The Balaban J connectivity index is 1.66. The van der Waals surface area contributed by atoms with Crippen LogP contribution in [0.5, 0.6) is 5.75 Å². The van der Waals surface area contributed by atoms with Crippen LogP contribution in [0.15, 0.2) is 36.7 Å². The maximum absolute atomic E-state index is 12.5. The van der Waals surface area contributed by atoms with E-state index >= 15 is 0 Å². The van der Waals surface area contributed by atoms with Crippen LogP contribution in [-0.4, -0.2) is 34.2 Å². The standard InChI is InChI=1S/C16H19N3O2/c1-18(9-12-8-17-19(2)10-12)16(20)14-7-13-5-3-4-6-15(13)21-11-14/h3-6,8,10,14H,7,9,11H2,1-2H3/t14-/m0/s1. The monoisotopic (exact) mass is 285 g/mol. The number of rotatable bonds is 3. The van der Waals surface area contributed by atoms with E-state index in [1.165, 1.54) is 0 Å². The molecule has 0 fully saturated rings. The van der Waals surface area contributed by atoms with E-state index in [9.17, 15) is 4.79 Å². The third kappa shape index (κ3) is 2.91. The summed E-state index contributed by atoms with van der Waals surface area (Å²) in [4.78, 5) is 14.3. The van der Waals surface area contributed by atoms with Gasteiger partial charge in [-0.2, -0.15) is 5.10 Å². The van der Waals surface area contributed by atoms with Gasteiger partial charge in [0.25, 0.3) is 0 Å². The van der Waals surface area contributed by atoms with E-state index in [2.05, 4.69) is 5.10 Å². The number of amides is 1.